The van der Waals surface area contributed by atoms with Gasteiger partial charge in [0.25, 0.3) is 0 Å². The lowest BCUT2D eigenvalue weighted by Gasteiger charge is -2.23. The van der Waals surface area contributed by atoms with Crippen molar-refractivity contribution in [2.45, 2.75) is 6.04 Å². The second kappa shape index (κ2) is 3.67. The monoisotopic (exact) mass is 192 g/mol. The number of morpholine rings is 1. The Morgan fingerprint density at radius 3 is 3.07 bits per heavy atom. The van der Waals surface area contributed by atoms with Crippen LogP contribution in [0.25, 0.3) is 0 Å². The number of amides is 1. The molecule has 14 heavy (non-hydrogen) atoms. The molecule has 1 heterocycles. The molecule has 1 aromatic carbocycles. The van der Waals surface area contributed by atoms with Crippen molar-refractivity contribution in [2.24, 2.45) is 0 Å². The SMILES string of the molecule is Nc1cccc(C2COCC(=O)N2)c1. The number of rotatable bonds is 1. The Kier molecular flexibility index (Phi) is 2.37. The molecule has 1 unspecified atom stereocenters. The first-order valence-electron chi connectivity index (χ1n) is 4.48. The van der Waals surface area contributed by atoms with Crippen molar-refractivity contribution in [3.63, 3.8) is 0 Å². The van der Waals surface area contributed by atoms with Gasteiger partial charge in [0, 0.05) is 5.69 Å². The van der Waals surface area contributed by atoms with E-state index in [4.69, 9.17) is 10.5 Å². The van der Waals surface area contributed by atoms with Gasteiger partial charge in [0.05, 0.1) is 12.6 Å². The van der Waals surface area contributed by atoms with E-state index in [-0.39, 0.29) is 18.6 Å². The van der Waals surface area contributed by atoms with Crippen molar-refractivity contribution in [2.75, 3.05) is 18.9 Å². The fourth-order valence-corrected chi connectivity index (χ4v) is 1.50. The van der Waals surface area contributed by atoms with Crippen molar-refractivity contribution in [3.05, 3.63) is 29.8 Å². The van der Waals surface area contributed by atoms with Crippen LogP contribution in [0.1, 0.15) is 11.6 Å². The molecule has 1 amide bonds. The maximum absolute atomic E-state index is 11.1. The molecule has 2 rings (SSSR count). The van der Waals surface area contributed by atoms with E-state index in [0.29, 0.717) is 12.3 Å². The average Bonchev–Trinajstić information content (AvgIpc) is 2.18. The molecule has 0 bridgehead atoms. The molecule has 74 valence electrons. The van der Waals surface area contributed by atoms with E-state index in [1.54, 1.807) is 0 Å². The van der Waals surface area contributed by atoms with Gasteiger partial charge in [-0.2, -0.15) is 0 Å². The zero-order valence-corrected chi connectivity index (χ0v) is 7.69. The minimum atomic E-state index is -0.0799. The van der Waals surface area contributed by atoms with E-state index in [2.05, 4.69) is 5.32 Å². The summed E-state index contributed by atoms with van der Waals surface area (Å²) in [5.74, 6) is -0.0799. The van der Waals surface area contributed by atoms with Crippen LogP contribution in [0, 0.1) is 0 Å². The van der Waals surface area contributed by atoms with Gasteiger partial charge in [-0.3, -0.25) is 4.79 Å². The van der Waals surface area contributed by atoms with Crippen LogP contribution in [-0.2, 0) is 9.53 Å². The smallest absolute Gasteiger partial charge is 0.246 e. The highest BCUT2D eigenvalue weighted by molar-refractivity contribution is 5.78. The minimum Gasteiger partial charge on any atom is -0.399 e. The first-order valence-corrected chi connectivity index (χ1v) is 4.48. The second-order valence-corrected chi connectivity index (χ2v) is 3.31. The summed E-state index contributed by atoms with van der Waals surface area (Å²) in [6, 6.07) is 7.38. The van der Waals surface area contributed by atoms with Gasteiger partial charge in [-0.15, -0.1) is 0 Å². The number of hydrogen-bond acceptors (Lipinski definition) is 3. The second-order valence-electron chi connectivity index (χ2n) is 3.31. The van der Waals surface area contributed by atoms with Gasteiger partial charge in [0.1, 0.15) is 6.61 Å². The minimum absolute atomic E-state index is 0.0697. The average molecular weight is 192 g/mol. The molecular formula is C10H12N2O2. The Morgan fingerprint density at radius 1 is 1.50 bits per heavy atom. The van der Waals surface area contributed by atoms with E-state index >= 15 is 0 Å². The van der Waals surface area contributed by atoms with Gasteiger partial charge in [0.15, 0.2) is 0 Å². The molecule has 4 nitrogen and oxygen atoms in total. The van der Waals surface area contributed by atoms with Crippen LogP contribution in [0.3, 0.4) is 0 Å². The summed E-state index contributed by atoms with van der Waals surface area (Å²) in [5, 5.41) is 2.84. The third kappa shape index (κ3) is 1.85. The van der Waals surface area contributed by atoms with Crippen LogP contribution >= 0.6 is 0 Å². The van der Waals surface area contributed by atoms with Crippen LogP contribution < -0.4 is 11.1 Å². The predicted octanol–water partition coefficient (Wildman–Crippen LogP) is 0.456. The molecule has 1 atom stereocenters. The summed E-state index contributed by atoms with van der Waals surface area (Å²) in [5.41, 5.74) is 7.33. The van der Waals surface area contributed by atoms with Gasteiger partial charge in [-0.05, 0) is 17.7 Å². The van der Waals surface area contributed by atoms with Crippen molar-refractivity contribution in [3.8, 4) is 0 Å². The Morgan fingerprint density at radius 2 is 2.36 bits per heavy atom. The summed E-state index contributed by atoms with van der Waals surface area (Å²) in [6.07, 6.45) is 0. The maximum Gasteiger partial charge on any atom is 0.246 e. The van der Waals surface area contributed by atoms with E-state index in [9.17, 15) is 4.79 Å². The number of nitrogens with one attached hydrogen (secondary N) is 1. The molecule has 0 saturated carbocycles. The number of hydrogen-bond donors (Lipinski definition) is 2. The first kappa shape index (κ1) is 9.02. The molecular weight excluding hydrogens is 180 g/mol. The summed E-state index contributed by atoms with van der Waals surface area (Å²) in [4.78, 5) is 11.1. The maximum atomic E-state index is 11.1. The number of carbonyl (C=O) groups excluding carboxylic acids is 1. The quantitative estimate of drug-likeness (QED) is 0.635. The first-order chi connectivity index (χ1) is 6.75. The van der Waals surface area contributed by atoms with E-state index in [0.717, 1.165) is 5.56 Å². The largest absolute Gasteiger partial charge is 0.399 e. The number of benzene rings is 1. The lowest BCUT2D eigenvalue weighted by Crippen LogP contribution is -2.39. The molecule has 1 aliphatic rings. The summed E-state index contributed by atoms with van der Waals surface area (Å²) < 4.78 is 5.14. The van der Waals surface area contributed by atoms with Crippen LogP contribution in [0.5, 0.6) is 0 Å². The van der Waals surface area contributed by atoms with Crippen molar-refractivity contribution in [1.82, 2.24) is 5.32 Å². The van der Waals surface area contributed by atoms with Crippen LogP contribution in [0.15, 0.2) is 24.3 Å². The molecule has 0 radical (unpaired) electrons. The highest BCUT2D eigenvalue weighted by Crippen LogP contribution is 2.17. The standard InChI is InChI=1S/C10H12N2O2/c11-8-3-1-2-7(4-8)9-5-14-6-10(13)12-9/h1-4,9H,5-6,11H2,(H,12,13). The third-order valence-electron chi connectivity index (χ3n) is 2.17. The molecule has 3 N–H and O–H groups in total. The molecule has 0 aliphatic carbocycles. The molecule has 0 spiro atoms. The summed E-state index contributed by atoms with van der Waals surface area (Å²) >= 11 is 0. The normalized spacial score (nSPS) is 21.7. The van der Waals surface area contributed by atoms with Gasteiger partial charge in [-0.1, -0.05) is 12.1 Å². The van der Waals surface area contributed by atoms with E-state index in [1.165, 1.54) is 0 Å². The van der Waals surface area contributed by atoms with Crippen molar-refractivity contribution in [1.29, 1.82) is 0 Å². The van der Waals surface area contributed by atoms with E-state index < -0.39 is 0 Å². The Labute approximate surface area is 82.1 Å². The zero-order valence-electron chi connectivity index (χ0n) is 7.69. The zero-order chi connectivity index (χ0) is 9.97. The molecule has 4 heteroatoms. The Balaban J connectivity index is 2.17. The third-order valence-corrected chi connectivity index (χ3v) is 2.17. The van der Waals surface area contributed by atoms with Gasteiger partial charge in [0.2, 0.25) is 5.91 Å². The van der Waals surface area contributed by atoms with Crippen molar-refractivity contribution < 1.29 is 9.53 Å². The number of anilines is 1. The van der Waals surface area contributed by atoms with Gasteiger partial charge in [-0.25, -0.2) is 0 Å². The lowest BCUT2D eigenvalue weighted by molar-refractivity contribution is -0.131. The number of carbonyl (C=O) groups is 1. The fourth-order valence-electron chi connectivity index (χ4n) is 1.50. The summed E-state index contributed by atoms with van der Waals surface area (Å²) in [7, 11) is 0. The van der Waals surface area contributed by atoms with Crippen LogP contribution in [-0.4, -0.2) is 19.1 Å². The van der Waals surface area contributed by atoms with E-state index in [1.807, 2.05) is 24.3 Å². The molecule has 1 saturated heterocycles. The molecule has 1 aliphatic heterocycles. The predicted molar refractivity (Wildman–Crippen MR) is 52.6 cm³/mol. The summed E-state index contributed by atoms with van der Waals surface area (Å²) in [6.45, 7) is 0.661. The molecule has 0 aromatic heterocycles. The highest BCUT2D eigenvalue weighted by atomic mass is 16.5. The number of ether oxygens (including phenoxy) is 1. The Bertz CT molecular complexity index is 352. The molecule has 1 fully saturated rings. The topological polar surface area (TPSA) is 64.3 Å². The lowest BCUT2D eigenvalue weighted by atomic mass is 10.1. The molecule has 1 aromatic rings. The van der Waals surface area contributed by atoms with Crippen LogP contribution in [0.2, 0.25) is 0 Å². The highest BCUT2D eigenvalue weighted by Gasteiger charge is 2.19. The number of nitrogen functional groups attached to an aromatic ring is 1. The Hall–Kier alpha value is -1.55. The van der Waals surface area contributed by atoms with Gasteiger partial charge < -0.3 is 15.8 Å². The van der Waals surface area contributed by atoms with Gasteiger partial charge >= 0.3 is 0 Å². The fraction of sp³-hybridized carbons (Fsp3) is 0.300. The van der Waals surface area contributed by atoms with Crippen LogP contribution in [0.4, 0.5) is 5.69 Å². The number of nitrogens with two attached hydrogens (primary N) is 1. The van der Waals surface area contributed by atoms with Crippen molar-refractivity contribution >= 4 is 11.6 Å².